The molecule has 2 rings (SSSR count). The predicted octanol–water partition coefficient (Wildman–Crippen LogP) is 0.985. The van der Waals surface area contributed by atoms with E-state index in [1.807, 2.05) is 0 Å². The van der Waals surface area contributed by atoms with E-state index in [9.17, 15) is 12.3 Å². The van der Waals surface area contributed by atoms with Crippen molar-refractivity contribution in [2.75, 3.05) is 0 Å². The van der Waals surface area contributed by atoms with Crippen LogP contribution < -0.4 is 0 Å². The van der Waals surface area contributed by atoms with Gasteiger partial charge in [-0.2, -0.15) is 8.42 Å². The maximum Gasteiger partial charge on any atom is 0.332 e. The van der Waals surface area contributed by atoms with E-state index in [4.69, 9.17) is 0 Å². The predicted molar refractivity (Wildman–Crippen MR) is 53.9 cm³/mol. The Morgan fingerprint density at radius 2 is 1.94 bits per heavy atom. The molecule has 1 aromatic carbocycles. The van der Waals surface area contributed by atoms with Crippen LogP contribution in [0.15, 0.2) is 41.8 Å². The first-order valence-corrected chi connectivity index (χ1v) is 5.80. The van der Waals surface area contributed by atoms with Gasteiger partial charge in [0.15, 0.2) is 0 Å². The van der Waals surface area contributed by atoms with E-state index in [0.717, 1.165) is 0 Å². The number of benzene rings is 1. The van der Waals surface area contributed by atoms with Crippen LogP contribution in [0.5, 0.6) is 0 Å². The summed E-state index contributed by atoms with van der Waals surface area (Å²) in [6.45, 7) is 0.399. The van der Waals surface area contributed by atoms with Crippen LogP contribution in [0, 0.1) is 0 Å². The highest BCUT2D eigenvalue weighted by Crippen LogP contribution is 2.14. The lowest BCUT2D eigenvalue weighted by Crippen LogP contribution is -1.99. The zero-order valence-corrected chi connectivity index (χ0v) is 8.93. The number of hydrogen-bond donors (Lipinski definition) is 0. The van der Waals surface area contributed by atoms with Gasteiger partial charge in [0.05, 0.1) is 11.4 Å². The van der Waals surface area contributed by atoms with Gasteiger partial charge < -0.3 is 4.57 Å². The standard InChI is InChI=1S/C9H8FN3O2S/c10-16(14,15)9-3-1-2-8(4-9)5-13-6-11-12-7-13/h1-4,6-7H,5H2. The number of aromatic nitrogens is 3. The van der Waals surface area contributed by atoms with Gasteiger partial charge in [-0.25, -0.2) is 0 Å². The van der Waals surface area contributed by atoms with Gasteiger partial charge in [-0.15, -0.1) is 14.1 Å². The Balaban J connectivity index is 2.30. The van der Waals surface area contributed by atoms with Crippen LogP contribution in [0.1, 0.15) is 5.56 Å². The summed E-state index contributed by atoms with van der Waals surface area (Å²) in [7, 11) is -4.64. The van der Waals surface area contributed by atoms with Gasteiger partial charge >= 0.3 is 10.2 Å². The van der Waals surface area contributed by atoms with Crippen LogP contribution >= 0.6 is 0 Å². The summed E-state index contributed by atoms with van der Waals surface area (Å²) in [5.74, 6) is 0. The summed E-state index contributed by atoms with van der Waals surface area (Å²) in [6.07, 6.45) is 2.99. The van der Waals surface area contributed by atoms with Crippen molar-refractivity contribution < 1.29 is 12.3 Å². The molecule has 0 aliphatic heterocycles. The zero-order valence-electron chi connectivity index (χ0n) is 8.12. The maximum atomic E-state index is 12.7. The van der Waals surface area contributed by atoms with Gasteiger partial charge in [-0.05, 0) is 17.7 Å². The molecule has 7 heteroatoms. The highest BCUT2D eigenvalue weighted by molar-refractivity contribution is 7.86. The van der Waals surface area contributed by atoms with Crippen molar-refractivity contribution in [3.05, 3.63) is 42.5 Å². The molecule has 0 fully saturated rings. The fraction of sp³-hybridized carbons (Fsp3) is 0.111. The molecule has 0 radical (unpaired) electrons. The second-order valence-corrected chi connectivity index (χ2v) is 4.57. The zero-order chi connectivity index (χ0) is 11.6. The Kier molecular flexibility index (Phi) is 2.69. The van der Waals surface area contributed by atoms with Crippen LogP contribution in [-0.2, 0) is 16.8 Å². The summed E-state index contributed by atoms with van der Waals surface area (Å²) in [6, 6.07) is 5.70. The molecule has 0 saturated heterocycles. The van der Waals surface area contributed by atoms with Crippen molar-refractivity contribution in [3.63, 3.8) is 0 Å². The van der Waals surface area contributed by atoms with Crippen LogP contribution in [0.4, 0.5) is 3.89 Å². The maximum absolute atomic E-state index is 12.7. The van der Waals surface area contributed by atoms with Gasteiger partial charge in [-0.3, -0.25) is 0 Å². The lowest BCUT2D eigenvalue weighted by molar-refractivity contribution is 0.552. The average molecular weight is 241 g/mol. The first-order valence-electron chi connectivity index (χ1n) is 4.42. The second kappa shape index (κ2) is 4.01. The third kappa shape index (κ3) is 2.43. The molecule has 0 atom stereocenters. The van der Waals surface area contributed by atoms with Gasteiger partial charge in [0.25, 0.3) is 0 Å². The molecule has 0 amide bonds. The van der Waals surface area contributed by atoms with Crippen LogP contribution in [0.25, 0.3) is 0 Å². The summed E-state index contributed by atoms with van der Waals surface area (Å²) in [4.78, 5) is -0.335. The van der Waals surface area contributed by atoms with Gasteiger partial charge in [0, 0.05) is 0 Å². The average Bonchev–Trinajstić information content (AvgIpc) is 2.70. The Morgan fingerprint density at radius 3 is 2.56 bits per heavy atom. The lowest BCUT2D eigenvalue weighted by Gasteiger charge is -2.02. The fourth-order valence-electron chi connectivity index (χ4n) is 1.31. The quantitative estimate of drug-likeness (QED) is 0.751. The summed E-state index contributed by atoms with van der Waals surface area (Å²) in [5, 5.41) is 7.22. The van der Waals surface area contributed by atoms with Crippen molar-refractivity contribution in [1.29, 1.82) is 0 Å². The van der Waals surface area contributed by atoms with Crippen molar-refractivity contribution in [2.24, 2.45) is 0 Å². The van der Waals surface area contributed by atoms with Gasteiger partial charge in [0.2, 0.25) is 0 Å². The Hall–Kier alpha value is -1.76. The molecular formula is C9H8FN3O2S. The third-order valence-electron chi connectivity index (χ3n) is 2.01. The molecule has 16 heavy (non-hydrogen) atoms. The number of nitrogens with zero attached hydrogens (tertiary/aromatic N) is 3. The van der Waals surface area contributed by atoms with E-state index >= 15 is 0 Å². The van der Waals surface area contributed by atoms with Crippen LogP contribution in [-0.4, -0.2) is 23.2 Å². The van der Waals surface area contributed by atoms with Gasteiger partial charge in [-0.1, -0.05) is 12.1 Å². The molecule has 0 N–H and O–H groups in total. The molecular weight excluding hydrogens is 233 g/mol. The Labute approximate surface area is 91.8 Å². The number of halogens is 1. The number of hydrogen-bond acceptors (Lipinski definition) is 4. The topological polar surface area (TPSA) is 64.8 Å². The molecule has 0 spiro atoms. The first kappa shape index (κ1) is 10.7. The molecule has 0 bridgehead atoms. The molecule has 0 unspecified atom stereocenters. The van der Waals surface area contributed by atoms with E-state index in [1.165, 1.54) is 30.9 Å². The van der Waals surface area contributed by atoms with Crippen LogP contribution in [0.2, 0.25) is 0 Å². The largest absolute Gasteiger partial charge is 0.332 e. The SMILES string of the molecule is O=S(=O)(F)c1cccc(Cn2cnnc2)c1. The highest BCUT2D eigenvalue weighted by Gasteiger charge is 2.11. The molecule has 1 heterocycles. The molecule has 0 aliphatic rings. The Bertz CT molecular complexity index is 581. The molecule has 2 aromatic rings. The molecule has 84 valence electrons. The lowest BCUT2D eigenvalue weighted by atomic mass is 10.2. The minimum absolute atomic E-state index is 0.335. The van der Waals surface area contributed by atoms with E-state index in [0.29, 0.717) is 12.1 Å². The monoisotopic (exact) mass is 241 g/mol. The molecule has 1 aromatic heterocycles. The van der Waals surface area contributed by atoms with Gasteiger partial charge in [0.1, 0.15) is 12.7 Å². The van der Waals surface area contributed by atoms with E-state index in [1.54, 1.807) is 10.6 Å². The van der Waals surface area contributed by atoms with E-state index in [-0.39, 0.29) is 4.90 Å². The van der Waals surface area contributed by atoms with Crippen molar-refractivity contribution in [2.45, 2.75) is 11.4 Å². The summed E-state index contributed by atoms with van der Waals surface area (Å²) < 4.78 is 35.8. The normalized spacial score (nSPS) is 11.6. The fourth-order valence-corrected chi connectivity index (χ4v) is 1.84. The summed E-state index contributed by atoms with van der Waals surface area (Å²) >= 11 is 0. The highest BCUT2D eigenvalue weighted by atomic mass is 32.3. The van der Waals surface area contributed by atoms with Crippen molar-refractivity contribution in [1.82, 2.24) is 14.8 Å². The van der Waals surface area contributed by atoms with Crippen molar-refractivity contribution in [3.8, 4) is 0 Å². The minimum Gasteiger partial charge on any atom is -0.316 e. The van der Waals surface area contributed by atoms with E-state index in [2.05, 4.69) is 10.2 Å². The first-order chi connectivity index (χ1) is 7.55. The second-order valence-electron chi connectivity index (χ2n) is 3.22. The van der Waals surface area contributed by atoms with E-state index < -0.39 is 10.2 Å². The van der Waals surface area contributed by atoms with Crippen LogP contribution in [0.3, 0.4) is 0 Å². The molecule has 0 saturated carbocycles. The smallest absolute Gasteiger partial charge is 0.316 e. The van der Waals surface area contributed by atoms with Crippen molar-refractivity contribution >= 4 is 10.2 Å². The molecule has 0 aliphatic carbocycles. The molecule has 5 nitrogen and oxygen atoms in total. The minimum atomic E-state index is -4.64. The third-order valence-corrected chi connectivity index (χ3v) is 2.83. The Morgan fingerprint density at radius 1 is 1.25 bits per heavy atom. The summed E-state index contributed by atoms with van der Waals surface area (Å²) in [5.41, 5.74) is 0.665. The number of rotatable bonds is 3.